The summed E-state index contributed by atoms with van der Waals surface area (Å²) in [6.07, 6.45) is 5.55. The third-order valence-corrected chi connectivity index (χ3v) is 4.91. The van der Waals surface area contributed by atoms with E-state index in [1.54, 1.807) is 12.1 Å². The van der Waals surface area contributed by atoms with Crippen molar-refractivity contribution in [3.8, 4) is 0 Å². The summed E-state index contributed by atoms with van der Waals surface area (Å²) < 4.78 is 5.11. The monoisotopic (exact) mass is 318 g/mol. The predicted octanol–water partition coefficient (Wildman–Crippen LogP) is 3.22. The largest absolute Gasteiger partial charge is 0.459 e. The van der Waals surface area contributed by atoms with Crippen molar-refractivity contribution in [2.45, 2.75) is 32.6 Å². The molecule has 1 aliphatic rings. The highest BCUT2D eigenvalue weighted by Gasteiger charge is 2.26. The molecule has 5 nitrogen and oxygen atoms in total. The molecule has 116 valence electrons. The van der Waals surface area contributed by atoms with E-state index in [1.807, 2.05) is 6.92 Å². The van der Waals surface area contributed by atoms with E-state index in [4.69, 9.17) is 4.42 Å². The topological polar surface area (TPSA) is 71.3 Å². The zero-order valence-electron chi connectivity index (χ0n) is 12.4. The maximum atomic E-state index is 12.4. The van der Waals surface area contributed by atoms with Gasteiger partial charge in [-0.2, -0.15) is 0 Å². The lowest BCUT2D eigenvalue weighted by atomic mass is 9.95. The normalized spacial score (nSPS) is 13.5. The molecule has 2 aromatic heterocycles. The number of thiophene rings is 1. The molecule has 0 aromatic carbocycles. The number of furan rings is 1. The van der Waals surface area contributed by atoms with E-state index in [1.165, 1.54) is 22.5 Å². The number of carbonyl (C=O) groups is 2. The summed E-state index contributed by atoms with van der Waals surface area (Å²) in [4.78, 5) is 25.8. The van der Waals surface area contributed by atoms with E-state index in [0.29, 0.717) is 17.1 Å². The molecule has 0 bridgehead atoms. The van der Waals surface area contributed by atoms with Crippen molar-refractivity contribution in [3.05, 3.63) is 40.2 Å². The van der Waals surface area contributed by atoms with Gasteiger partial charge in [-0.25, -0.2) is 0 Å². The second-order valence-corrected chi connectivity index (χ2v) is 6.31. The summed E-state index contributed by atoms with van der Waals surface area (Å²) >= 11 is 1.51. The Hall–Kier alpha value is -2.08. The van der Waals surface area contributed by atoms with Gasteiger partial charge in [-0.05, 0) is 50.3 Å². The van der Waals surface area contributed by atoms with Gasteiger partial charge in [-0.15, -0.1) is 11.3 Å². The molecule has 6 heteroatoms. The molecule has 2 N–H and O–H groups in total. The van der Waals surface area contributed by atoms with Crippen LogP contribution in [0.1, 0.15) is 51.1 Å². The highest BCUT2D eigenvalue weighted by atomic mass is 32.1. The van der Waals surface area contributed by atoms with Crippen LogP contribution in [0.3, 0.4) is 0 Å². The molecule has 0 fully saturated rings. The average Bonchev–Trinajstić information content (AvgIpc) is 3.14. The van der Waals surface area contributed by atoms with Crippen molar-refractivity contribution in [1.29, 1.82) is 0 Å². The molecule has 1 aliphatic carbocycles. The Morgan fingerprint density at radius 2 is 2.09 bits per heavy atom. The van der Waals surface area contributed by atoms with E-state index in [-0.39, 0.29) is 17.6 Å². The summed E-state index contributed by atoms with van der Waals surface area (Å²) in [5.41, 5.74) is 1.72. The number of hydrogen-bond donors (Lipinski definition) is 2. The molecule has 0 unspecified atom stereocenters. The van der Waals surface area contributed by atoms with Gasteiger partial charge in [0.15, 0.2) is 5.76 Å². The van der Waals surface area contributed by atoms with Gasteiger partial charge in [0.2, 0.25) is 0 Å². The van der Waals surface area contributed by atoms with Gasteiger partial charge in [0.25, 0.3) is 11.8 Å². The lowest BCUT2D eigenvalue weighted by molar-refractivity contribution is 0.0956. The van der Waals surface area contributed by atoms with Crippen molar-refractivity contribution in [1.82, 2.24) is 5.32 Å². The Kier molecular flexibility index (Phi) is 4.29. The fraction of sp³-hybridized carbons (Fsp3) is 0.375. The first-order chi connectivity index (χ1) is 10.7. The first-order valence-corrected chi connectivity index (χ1v) is 8.30. The SMILES string of the molecule is CCNC(=O)c1c(NC(=O)c2ccco2)sc2c1CCCC2. The fourth-order valence-electron chi connectivity index (χ4n) is 2.72. The smallest absolute Gasteiger partial charge is 0.291 e. The number of anilines is 1. The lowest BCUT2D eigenvalue weighted by Crippen LogP contribution is -2.25. The molecule has 0 radical (unpaired) electrons. The average molecular weight is 318 g/mol. The molecule has 0 saturated heterocycles. The van der Waals surface area contributed by atoms with Crippen molar-refractivity contribution in [2.75, 3.05) is 11.9 Å². The van der Waals surface area contributed by atoms with Gasteiger partial charge in [-0.3, -0.25) is 9.59 Å². The zero-order chi connectivity index (χ0) is 15.5. The van der Waals surface area contributed by atoms with Crippen LogP contribution in [0, 0.1) is 0 Å². The zero-order valence-corrected chi connectivity index (χ0v) is 13.2. The standard InChI is InChI=1S/C16H18N2O3S/c1-2-17-15(20)13-10-6-3-4-8-12(10)22-16(13)18-14(19)11-7-5-9-21-11/h5,7,9H,2-4,6,8H2,1H3,(H,17,20)(H,18,19). The van der Waals surface area contributed by atoms with E-state index in [2.05, 4.69) is 10.6 Å². The molecular weight excluding hydrogens is 300 g/mol. The van der Waals surface area contributed by atoms with Crippen LogP contribution >= 0.6 is 11.3 Å². The van der Waals surface area contributed by atoms with Crippen molar-refractivity contribution in [3.63, 3.8) is 0 Å². The Morgan fingerprint density at radius 1 is 1.27 bits per heavy atom. The first-order valence-electron chi connectivity index (χ1n) is 7.48. The molecule has 0 aliphatic heterocycles. The quantitative estimate of drug-likeness (QED) is 0.909. The number of fused-ring (bicyclic) bond motifs is 1. The van der Waals surface area contributed by atoms with Gasteiger partial charge in [-0.1, -0.05) is 0 Å². The van der Waals surface area contributed by atoms with Crippen LogP contribution in [-0.4, -0.2) is 18.4 Å². The third kappa shape index (κ3) is 2.78. The molecule has 0 spiro atoms. The third-order valence-electron chi connectivity index (χ3n) is 3.71. The molecule has 2 heterocycles. The minimum atomic E-state index is -0.325. The number of nitrogens with one attached hydrogen (secondary N) is 2. The summed E-state index contributed by atoms with van der Waals surface area (Å²) in [6.45, 7) is 2.45. The minimum absolute atomic E-state index is 0.114. The second kappa shape index (κ2) is 6.36. The summed E-state index contributed by atoms with van der Waals surface area (Å²) in [7, 11) is 0. The van der Waals surface area contributed by atoms with Crippen LogP contribution < -0.4 is 10.6 Å². The van der Waals surface area contributed by atoms with Gasteiger partial charge in [0.05, 0.1) is 11.8 Å². The molecule has 0 saturated carbocycles. The van der Waals surface area contributed by atoms with Crippen LogP contribution in [0.25, 0.3) is 0 Å². The van der Waals surface area contributed by atoms with Crippen molar-refractivity contribution in [2.24, 2.45) is 0 Å². The van der Waals surface area contributed by atoms with E-state index < -0.39 is 0 Å². The van der Waals surface area contributed by atoms with Crippen LogP contribution in [0.4, 0.5) is 5.00 Å². The first kappa shape index (κ1) is 14.8. The number of rotatable bonds is 4. The molecular formula is C16H18N2O3S. The predicted molar refractivity (Wildman–Crippen MR) is 85.6 cm³/mol. The Bertz CT molecular complexity index is 689. The maximum absolute atomic E-state index is 12.4. The Balaban J connectivity index is 1.94. The van der Waals surface area contributed by atoms with Gasteiger partial charge in [0.1, 0.15) is 5.00 Å². The highest BCUT2D eigenvalue weighted by molar-refractivity contribution is 7.17. The number of aryl methyl sites for hydroxylation is 1. The van der Waals surface area contributed by atoms with Crippen molar-refractivity contribution >= 4 is 28.2 Å². The lowest BCUT2D eigenvalue weighted by Gasteiger charge is -2.12. The van der Waals surface area contributed by atoms with Crippen LogP contribution in [0.2, 0.25) is 0 Å². The molecule has 2 aromatic rings. The molecule has 22 heavy (non-hydrogen) atoms. The summed E-state index contributed by atoms with van der Waals surface area (Å²) in [5.74, 6) is -0.195. The molecule has 0 atom stereocenters. The summed E-state index contributed by atoms with van der Waals surface area (Å²) in [5, 5.41) is 6.30. The summed E-state index contributed by atoms with van der Waals surface area (Å²) in [6, 6.07) is 3.27. The van der Waals surface area contributed by atoms with Crippen LogP contribution in [0.5, 0.6) is 0 Å². The van der Waals surface area contributed by atoms with Gasteiger partial charge >= 0.3 is 0 Å². The highest BCUT2D eigenvalue weighted by Crippen LogP contribution is 2.38. The Morgan fingerprint density at radius 3 is 2.82 bits per heavy atom. The van der Waals surface area contributed by atoms with Crippen LogP contribution in [0.15, 0.2) is 22.8 Å². The van der Waals surface area contributed by atoms with E-state index in [9.17, 15) is 9.59 Å². The van der Waals surface area contributed by atoms with Crippen molar-refractivity contribution < 1.29 is 14.0 Å². The number of carbonyl (C=O) groups excluding carboxylic acids is 2. The maximum Gasteiger partial charge on any atom is 0.291 e. The fourth-order valence-corrected chi connectivity index (χ4v) is 4.00. The van der Waals surface area contributed by atoms with E-state index >= 15 is 0 Å². The molecule has 2 amide bonds. The Labute approximate surface area is 132 Å². The number of amides is 2. The second-order valence-electron chi connectivity index (χ2n) is 5.21. The minimum Gasteiger partial charge on any atom is -0.459 e. The van der Waals surface area contributed by atoms with Gasteiger partial charge < -0.3 is 15.1 Å². The molecule has 3 rings (SSSR count). The number of hydrogen-bond acceptors (Lipinski definition) is 4. The van der Waals surface area contributed by atoms with Gasteiger partial charge in [0, 0.05) is 11.4 Å². The van der Waals surface area contributed by atoms with Crippen LogP contribution in [-0.2, 0) is 12.8 Å². The van der Waals surface area contributed by atoms with E-state index in [0.717, 1.165) is 31.2 Å².